The highest BCUT2D eigenvalue weighted by molar-refractivity contribution is 6.22. The predicted molar refractivity (Wildman–Crippen MR) is 82.5 cm³/mol. The van der Waals surface area contributed by atoms with Gasteiger partial charge >= 0.3 is 0 Å². The topological polar surface area (TPSA) is 61.2 Å². The fourth-order valence-corrected chi connectivity index (χ4v) is 2.70. The standard InChI is InChI=1S/C18H14N2O2/c1-20(10-4-9-19)18(22)12-7-8-14-13-5-2-3-6-15(13)17(21)16(14)11-12/h2-3,5-8,11H,4,10H2,1H3. The summed E-state index contributed by atoms with van der Waals surface area (Å²) in [5.41, 5.74) is 3.51. The van der Waals surface area contributed by atoms with Crippen molar-refractivity contribution in [3.8, 4) is 17.2 Å². The number of nitriles is 1. The summed E-state index contributed by atoms with van der Waals surface area (Å²) in [5, 5.41) is 8.60. The quantitative estimate of drug-likeness (QED) is 0.745. The molecule has 1 amide bonds. The SMILES string of the molecule is CN(CCC#N)C(=O)c1ccc2c(c1)C(=O)c1ccccc1-2. The zero-order valence-corrected chi connectivity index (χ0v) is 12.2. The first-order valence-electron chi connectivity index (χ1n) is 7.04. The van der Waals surface area contributed by atoms with Crippen LogP contribution in [-0.2, 0) is 0 Å². The smallest absolute Gasteiger partial charge is 0.253 e. The van der Waals surface area contributed by atoms with E-state index < -0.39 is 0 Å². The van der Waals surface area contributed by atoms with Gasteiger partial charge in [0, 0.05) is 30.3 Å². The largest absolute Gasteiger partial charge is 0.341 e. The third-order valence-electron chi connectivity index (χ3n) is 3.88. The van der Waals surface area contributed by atoms with Gasteiger partial charge in [0.15, 0.2) is 5.78 Å². The molecule has 0 N–H and O–H groups in total. The van der Waals surface area contributed by atoms with Crippen LogP contribution in [0.15, 0.2) is 42.5 Å². The van der Waals surface area contributed by atoms with E-state index in [-0.39, 0.29) is 18.1 Å². The van der Waals surface area contributed by atoms with E-state index in [1.165, 1.54) is 4.90 Å². The van der Waals surface area contributed by atoms with Crippen LogP contribution in [-0.4, -0.2) is 30.2 Å². The van der Waals surface area contributed by atoms with Gasteiger partial charge in [0.05, 0.1) is 12.5 Å². The van der Waals surface area contributed by atoms with Crippen LogP contribution < -0.4 is 0 Å². The molecule has 4 heteroatoms. The Balaban J connectivity index is 1.95. The van der Waals surface area contributed by atoms with Crippen molar-refractivity contribution < 1.29 is 9.59 Å². The van der Waals surface area contributed by atoms with Crippen molar-refractivity contribution >= 4 is 11.7 Å². The van der Waals surface area contributed by atoms with E-state index in [0.717, 1.165) is 11.1 Å². The highest BCUT2D eigenvalue weighted by Crippen LogP contribution is 2.36. The number of hydrogen-bond acceptors (Lipinski definition) is 3. The lowest BCUT2D eigenvalue weighted by Crippen LogP contribution is -2.27. The molecule has 0 bridgehead atoms. The third-order valence-corrected chi connectivity index (χ3v) is 3.88. The number of amides is 1. The Kier molecular flexibility index (Phi) is 3.48. The summed E-state index contributed by atoms with van der Waals surface area (Å²) in [6.45, 7) is 0.376. The molecule has 0 aliphatic heterocycles. The molecule has 0 atom stereocenters. The van der Waals surface area contributed by atoms with Gasteiger partial charge in [-0.15, -0.1) is 0 Å². The molecule has 0 saturated carbocycles. The Morgan fingerprint density at radius 2 is 1.77 bits per heavy atom. The number of carbonyl (C=O) groups is 2. The van der Waals surface area contributed by atoms with Gasteiger partial charge in [-0.3, -0.25) is 9.59 Å². The van der Waals surface area contributed by atoms with Crippen LogP contribution in [0.2, 0.25) is 0 Å². The molecule has 4 nitrogen and oxygen atoms in total. The first-order chi connectivity index (χ1) is 10.6. The molecule has 0 saturated heterocycles. The highest BCUT2D eigenvalue weighted by atomic mass is 16.2. The lowest BCUT2D eigenvalue weighted by molar-refractivity contribution is 0.0798. The molecule has 3 rings (SSSR count). The van der Waals surface area contributed by atoms with Crippen LogP contribution in [0.4, 0.5) is 0 Å². The number of nitrogens with zero attached hydrogens (tertiary/aromatic N) is 2. The molecule has 0 aromatic heterocycles. The Labute approximate surface area is 128 Å². The summed E-state index contributed by atoms with van der Waals surface area (Å²) in [6, 6.07) is 14.7. The molecule has 1 aliphatic carbocycles. The fourth-order valence-electron chi connectivity index (χ4n) is 2.70. The van der Waals surface area contributed by atoms with Crippen LogP contribution in [0.25, 0.3) is 11.1 Å². The van der Waals surface area contributed by atoms with Crippen LogP contribution in [0.3, 0.4) is 0 Å². The Bertz CT molecular complexity index is 818. The van der Waals surface area contributed by atoms with E-state index in [0.29, 0.717) is 23.2 Å². The lowest BCUT2D eigenvalue weighted by Gasteiger charge is -2.15. The van der Waals surface area contributed by atoms with Gasteiger partial charge in [-0.05, 0) is 23.3 Å². The molecule has 1 aliphatic rings. The molecule has 0 fully saturated rings. The number of benzene rings is 2. The normalized spacial score (nSPS) is 11.5. The van der Waals surface area contributed by atoms with E-state index in [1.807, 2.05) is 30.3 Å². The molecular weight excluding hydrogens is 276 g/mol. The number of ketones is 1. The summed E-state index contributed by atoms with van der Waals surface area (Å²) in [4.78, 5) is 26.3. The van der Waals surface area contributed by atoms with Gasteiger partial charge in [0.2, 0.25) is 0 Å². The molecule has 22 heavy (non-hydrogen) atoms. The van der Waals surface area contributed by atoms with Crippen molar-refractivity contribution in [1.29, 1.82) is 5.26 Å². The second-order valence-corrected chi connectivity index (χ2v) is 5.27. The van der Waals surface area contributed by atoms with Crippen LogP contribution in [0.1, 0.15) is 32.7 Å². The van der Waals surface area contributed by atoms with Crippen LogP contribution in [0.5, 0.6) is 0 Å². The second kappa shape index (κ2) is 5.45. The molecule has 2 aromatic rings. The maximum atomic E-state index is 12.4. The second-order valence-electron chi connectivity index (χ2n) is 5.27. The molecule has 0 spiro atoms. The molecular formula is C18H14N2O2. The Morgan fingerprint density at radius 3 is 2.50 bits per heavy atom. The van der Waals surface area contributed by atoms with Gasteiger partial charge in [0.25, 0.3) is 5.91 Å². The monoisotopic (exact) mass is 290 g/mol. The van der Waals surface area contributed by atoms with Gasteiger partial charge in [-0.2, -0.15) is 5.26 Å². The van der Waals surface area contributed by atoms with Crippen LogP contribution >= 0.6 is 0 Å². The van der Waals surface area contributed by atoms with Gasteiger partial charge in [-0.1, -0.05) is 30.3 Å². The van der Waals surface area contributed by atoms with Crippen molar-refractivity contribution in [2.45, 2.75) is 6.42 Å². The van der Waals surface area contributed by atoms with Crippen molar-refractivity contribution in [2.24, 2.45) is 0 Å². The first kappa shape index (κ1) is 14.0. The molecule has 0 unspecified atom stereocenters. The number of rotatable bonds is 3. The first-order valence-corrected chi connectivity index (χ1v) is 7.04. The molecule has 0 heterocycles. The summed E-state index contributed by atoms with van der Waals surface area (Å²) in [5.74, 6) is -0.221. The lowest BCUT2D eigenvalue weighted by atomic mass is 10.0. The fraction of sp³-hybridized carbons (Fsp3) is 0.167. The maximum Gasteiger partial charge on any atom is 0.253 e. The van der Waals surface area contributed by atoms with E-state index in [1.54, 1.807) is 25.2 Å². The van der Waals surface area contributed by atoms with E-state index in [9.17, 15) is 9.59 Å². The van der Waals surface area contributed by atoms with Gasteiger partial charge in [0.1, 0.15) is 0 Å². The number of fused-ring (bicyclic) bond motifs is 3. The van der Waals surface area contributed by atoms with Crippen molar-refractivity contribution in [1.82, 2.24) is 4.90 Å². The minimum Gasteiger partial charge on any atom is -0.341 e. The Morgan fingerprint density at radius 1 is 1.09 bits per heavy atom. The summed E-state index contributed by atoms with van der Waals surface area (Å²) in [7, 11) is 1.66. The predicted octanol–water partition coefficient (Wildman–Crippen LogP) is 2.88. The molecule has 0 radical (unpaired) electrons. The average Bonchev–Trinajstić information content (AvgIpc) is 2.85. The minimum absolute atomic E-state index is 0.0417. The summed E-state index contributed by atoms with van der Waals surface area (Å²) >= 11 is 0. The number of hydrogen-bond donors (Lipinski definition) is 0. The van der Waals surface area contributed by atoms with Crippen molar-refractivity contribution in [3.63, 3.8) is 0 Å². The minimum atomic E-state index is -0.179. The number of carbonyl (C=O) groups excluding carboxylic acids is 2. The zero-order valence-electron chi connectivity index (χ0n) is 12.2. The molecule has 2 aromatic carbocycles. The van der Waals surface area contributed by atoms with E-state index >= 15 is 0 Å². The van der Waals surface area contributed by atoms with E-state index in [2.05, 4.69) is 0 Å². The third kappa shape index (κ3) is 2.17. The zero-order chi connectivity index (χ0) is 15.7. The van der Waals surface area contributed by atoms with Crippen molar-refractivity contribution in [2.75, 3.05) is 13.6 Å². The summed E-state index contributed by atoms with van der Waals surface area (Å²) in [6.07, 6.45) is 0.289. The van der Waals surface area contributed by atoms with Gasteiger partial charge in [-0.25, -0.2) is 0 Å². The van der Waals surface area contributed by atoms with E-state index in [4.69, 9.17) is 5.26 Å². The Hall–Kier alpha value is -2.93. The molecule has 108 valence electrons. The van der Waals surface area contributed by atoms with Crippen LogP contribution in [0, 0.1) is 11.3 Å². The van der Waals surface area contributed by atoms with Gasteiger partial charge < -0.3 is 4.90 Å². The highest BCUT2D eigenvalue weighted by Gasteiger charge is 2.27. The average molecular weight is 290 g/mol. The van der Waals surface area contributed by atoms with Crippen molar-refractivity contribution in [3.05, 3.63) is 59.2 Å². The maximum absolute atomic E-state index is 12.4. The summed E-state index contributed by atoms with van der Waals surface area (Å²) < 4.78 is 0.